The smallest absolute Gasteiger partial charge is 0.303 e. The number of hydrogen-bond donors (Lipinski definition) is 2. The maximum atomic E-state index is 11.8. The number of hydrogen-bond acceptors (Lipinski definition) is 3. The molecule has 0 saturated carbocycles. The van der Waals surface area contributed by atoms with Crippen molar-refractivity contribution in [1.29, 1.82) is 0 Å². The van der Waals surface area contributed by atoms with Gasteiger partial charge in [-0.1, -0.05) is 26.7 Å². The lowest BCUT2D eigenvalue weighted by atomic mass is 9.96. The van der Waals surface area contributed by atoms with E-state index in [4.69, 9.17) is 5.11 Å². The Balaban J connectivity index is 2.07. The van der Waals surface area contributed by atoms with Crippen LogP contribution in [0.3, 0.4) is 0 Å². The fraction of sp³-hybridized carbons (Fsp3) is 0.867. The molecule has 1 saturated heterocycles. The SMILES string of the molecule is CC(C)CCCC(C)NC(=O)CN1CC(CC(=O)O)C1. The van der Waals surface area contributed by atoms with Crippen LogP contribution in [0.5, 0.6) is 0 Å². The lowest BCUT2D eigenvalue weighted by Crippen LogP contribution is -2.52. The van der Waals surface area contributed by atoms with Gasteiger partial charge in [0.25, 0.3) is 0 Å². The molecule has 0 bridgehead atoms. The van der Waals surface area contributed by atoms with E-state index in [0.717, 1.165) is 25.9 Å². The van der Waals surface area contributed by atoms with Crippen LogP contribution in [-0.4, -0.2) is 47.6 Å². The highest BCUT2D eigenvalue weighted by Crippen LogP contribution is 2.18. The summed E-state index contributed by atoms with van der Waals surface area (Å²) in [6.07, 6.45) is 3.57. The number of carbonyl (C=O) groups excluding carboxylic acids is 1. The highest BCUT2D eigenvalue weighted by atomic mass is 16.4. The largest absolute Gasteiger partial charge is 0.481 e. The molecule has 5 heteroatoms. The lowest BCUT2D eigenvalue weighted by Gasteiger charge is -2.38. The van der Waals surface area contributed by atoms with Crippen molar-refractivity contribution < 1.29 is 14.7 Å². The zero-order chi connectivity index (χ0) is 15.1. The Bertz CT molecular complexity index is 325. The van der Waals surface area contributed by atoms with Gasteiger partial charge in [0.1, 0.15) is 0 Å². The number of amides is 1. The molecule has 0 aromatic heterocycles. The molecule has 0 radical (unpaired) electrons. The van der Waals surface area contributed by atoms with Crippen molar-refractivity contribution in [3.63, 3.8) is 0 Å². The van der Waals surface area contributed by atoms with Crippen LogP contribution in [0.4, 0.5) is 0 Å². The summed E-state index contributed by atoms with van der Waals surface area (Å²) in [7, 11) is 0. The molecule has 1 fully saturated rings. The molecule has 2 N–H and O–H groups in total. The molecule has 1 rings (SSSR count). The minimum Gasteiger partial charge on any atom is -0.481 e. The Hall–Kier alpha value is -1.10. The Morgan fingerprint density at radius 3 is 2.45 bits per heavy atom. The van der Waals surface area contributed by atoms with Gasteiger partial charge < -0.3 is 10.4 Å². The average molecular weight is 284 g/mol. The molecule has 20 heavy (non-hydrogen) atoms. The predicted octanol–water partition coefficient (Wildman–Crippen LogP) is 1.72. The van der Waals surface area contributed by atoms with E-state index in [1.54, 1.807) is 0 Å². The van der Waals surface area contributed by atoms with Crippen LogP contribution in [0.1, 0.15) is 46.5 Å². The predicted molar refractivity (Wildman–Crippen MR) is 78.5 cm³/mol. The summed E-state index contributed by atoms with van der Waals surface area (Å²) < 4.78 is 0. The van der Waals surface area contributed by atoms with Gasteiger partial charge in [-0.25, -0.2) is 0 Å². The second kappa shape index (κ2) is 8.25. The normalized spacial score (nSPS) is 17.8. The second-order valence-electron chi connectivity index (χ2n) is 6.45. The fourth-order valence-electron chi connectivity index (χ4n) is 2.61. The molecule has 1 aliphatic rings. The van der Waals surface area contributed by atoms with Crippen LogP contribution in [0.25, 0.3) is 0 Å². The lowest BCUT2D eigenvalue weighted by molar-refractivity contribution is -0.139. The molecular weight excluding hydrogens is 256 g/mol. The van der Waals surface area contributed by atoms with E-state index in [1.165, 1.54) is 6.42 Å². The van der Waals surface area contributed by atoms with Gasteiger partial charge in [0.15, 0.2) is 0 Å². The molecule has 5 nitrogen and oxygen atoms in total. The van der Waals surface area contributed by atoms with Crippen molar-refractivity contribution in [2.75, 3.05) is 19.6 Å². The van der Waals surface area contributed by atoms with E-state index in [9.17, 15) is 9.59 Å². The molecule has 1 atom stereocenters. The zero-order valence-corrected chi connectivity index (χ0v) is 12.9. The number of rotatable bonds is 9. The number of nitrogens with zero attached hydrogens (tertiary/aromatic N) is 1. The van der Waals surface area contributed by atoms with Crippen LogP contribution in [0.15, 0.2) is 0 Å². The number of carboxylic acid groups (broad SMARTS) is 1. The van der Waals surface area contributed by atoms with Gasteiger partial charge in [-0.2, -0.15) is 0 Å². The molecule has 0 aromatic rings. The minimum atomic E-state index is -0.752. The Labute approximate surface area is 121 Å². The van der Waals surface area contributed by atoms with E-state index in [2.05, 4.69) is 19.2 Å². The maximum Gasteiger partial charge on any atom is 0.303 e. The maximum absolute atomic E-state index is 11.8. The van der Waals surface area contributed by atoms with E-state index in [1.807, 2.05) is 11.8 Å². The van der Waals surface area contributed by atoms with Crippen LogP contribution in [-0.2, 0) is 9.59 Å². The number of carboxylic acids is 1. The van der Waals surface area contributed by atoms with Crippen molar-refractivity contribution in [1.82, 2.24) is 10.2 Å². The van der Waals surface area contributed by atoms with E-state index in [0.29, 0.717) is 12.5 Å². The third-order valence-electron chi connectivity index (χ3n) is 3.69. The van der Waals surface area contributed by atoms with Crippen LogP contribution in [0, 0.1) is 11.8 Å². The zero-order valence-electron chi connectivity index (χ0n) is 12.9. The summed E-state index contributed by atoms with van der Waals surface area (Å²) in [4.78, 5) is 24.3. The molecule has 1 aliphatic heterocycles. The second-order valence-corrected chi connectivity index (χ2v) is 6.45. The number of aliphatic carboxylic acids is 1. The molecule has 0 aromatic carbocycles. The van der Waals surface area contributed by atoms with Crippen molar-refractivity contribution >= 4 is 11.9 Å². The Morgan fingerprint density at radius 1 is 1.25 bits per heavy atom. The summed E-state index contributed by atoms with van der Waals surface area (Å²) in [6, 6.07) is 0.220. The highest BCUT2D eigenvalue weighted by molar-refractivity contribution is 5.78. The van der Waals surface area contributed by atoms with Gasteiger partial charge in [0.2, 0.25) is 5.91 Å². The van der Waals surface area contributed by atoms with Crippen molar-refractivity contribution in [2.45, 2.75) is 52.5 Å². The first-order chi connectivity index (χ1) is 9.36. The summed E-state index contributed by atoms with van der Waals surface area (Å²) in [5.41, 5.74) is 0. The van der Waals surface area contributed by atoms with Gasteiger partial charge in [-0.05, 0) is 25.2 Å². The summed E-state index contributed by atoms with van der Waals surface area (Å²) in [6.45, 7) is 8.30. The first kappa shape index (κ1) is 17.0. The number of likely N-dealkylation sites (tertiary alicyclic amines) is 1. The molecular formula is C15H28N2O3. The molecule has 1 unspecified atom stereocenters. The van der Waals surface area contributed by atoms with Crippen LogP contribution in [0.2, 0.25) is 0 Å². The van der Waals surface area contributed by atoms with Crippen molar-refractivity contribution in [2.24, 2.45) is 11.8 Å². The standard InChI is InChI=1S/C15H28N2O3/c1-11(2)5-4-6-12(3)16-14(18)10-17-8-13(9-17)7-15(19)20/h11-13H,4-10H2,1-3H3,(H,16,18)(H,19,20). The Morgan fingerprint density at radius 2 is 1.90 bits per heavy atom. The highest BCUT2D eigenvalue weighted by Gasteiger charge is 2.29. The molecule has 0 spiro atoms. The van der Waals surface area contributed by atoms with Gasteiger partial charge in [-0.3, -0.25) is 14.5 Å². The van der Waals surface area contributed by atoms with Crippen molar-refractivity contribution in [3.05, 3.63) is 0 Å². The molecule has 116 valence electrons. The Kier molecular flexibility index (Phi) is 6.99. The van der Waals surface area contributed by atoms with Gasteiger partial charge in [-0.15, -0.1) is 0 Å². The monoisotopic (exact) mass is 284 g/mol. The van der Waals surface area contributed by atoms with Crippen molar-refractivity contribution in [3.8, 4) is 0 Å². The summed E-state index contributed by atoms with van der Waals surface area (Å²) in [5, 5.41) is 11.7. The first-order valence-corrected chi connectivity index (χ1v) is 7.60. The third kappa shape index (κ3) is 6.89. The topological polar surface area (TPSA) is 69.6 Å². The first-order valence-electron chi connectivity index (χ1n) is 7.60. The molecule has 0 aliphatic carbocycles. The van der Waals surface area contributed by atoms with Gasteiger partial charge in [0.05, 0.1) is 13.0 Å². The fourth-order valence-corrected chi connectivity index (χ4v) is 2.61. The van der Waals surface area contributed by atoms with Crippen LogP contribution < -0.4 is 5.32 Å². The van der Waals surface area contributed by atoms with E-state index >= 15 is 0 Å². The van der Waals surface area contributed by atoms with Crippen LogP contribution >= 0.6 is 0 Å². The van der Waals surface area contributed by atoms with E-state index in [-0.39, 0.29) is 24.3 Å². The number of nitrogens with one attached hydrogen (secondary N) is 1. The molecule has 1 amide bonds. The quantitative estimate of drug-likeness (QED) is 0.676. The number of carbonyl (C=O) groups is 2. The molecule has 1 heterocycles. The third-order valence-corrected chi connectivity index (χ3v) is 3.69. The summed E-state index contributed by atoms with van der Waals surface area (Å²) >= 11 is 0. The van der Waals surface area contributed by atoms with Gasteiger partial charge >= 0.3 is 5.97 Å². The van der Waals surface area contributed by atoms with E-state index < -0.39 is 5.97 Å². The minimum absolute atomic E-state index is 0.0517. The average Bonchev–Trinajstić information content (AvgIpc) is 2.24. The van der Waals surface area contributed by atoms with Gasteiger partial charge in [0, 0.05) is 19.1 Å². The summed E-state index contributed by atoms with van der Waals surface area (Å²) in [5.74, 6) is 0.225.